The van der Waals surface area contributed by atoms with Crippen LogP contribution in [0.2, 0.25) is 10.0 Å². The van der Waals surface area contributed by atoms with Gasteiger partial charge in [0.2, 0.25) is 0 Å². The summed E-state index contributed by atoms with van der Waals surface area (Å²) in [7, 11) is 0. The zero-order chi connectivity index (χ0) is 15.8. The van der Waals surface area contributed by atoms with Gasteiger partial charge in [-0.15, -0.1) is 0 Å². The van der Waals surface area contributed by atoms with Crippen molar-refractivity contribution >= 4 is 52.0 Å². The molecule has 0 saturated heterocycles. The van der Waals surface area contributed by atoms with Crippen molar-refractivity contribution < 1.29 is 23.1 Å². The van der Waals surface area contributed by atoms with Gasteiger partial charge in [0.05, 0.1) is 26.8 Å². The van der Waals surface area contributed by atoms with Gasteiger partial charge in [-0.3, -0.25) is 4.79 Å². The first-order valence-corrected chi connectivity index (χ1v) is 7.18. The summed E-state index contributed by atoms with van der Waals surface area (Å²) >= 11 is 12.3. The minimum absolute atomic E-state index is 0.0527. The van der Waals surface area contributed by atoms with Gasteiger partial charge in [0.25, 0.3) is 0 Å². The van der Waals surface area contributed by atoms with Crippen LogP contribution in [0.5, 0.6) is 0 Å². The monoisotopic (exact) mass is 358 g/mol. The fourth-order valence-electron chi connectivity index (χ4n) is 1.67. The Bertz CT molecular complexity index is 703. The molecule has 0 spiro atoms. The number of nitrogens with zero attached hydrogens (tertiary/aromatic N) is 2. The topological polar surface area (TPSA) is 55.1 Å². The average Bonchev–Trinajstić information content (AvgIpc) is 2.63. The SMILES string of the molecule is O=C(O)CSc1nc2cc(Cl)c(Cl)cc2n1CC(F)(F)F. The van der Waals surface area contributed by atoms with Crippen LogP contribution in [0.4, 0.5) is 13.2 Å². The molecule has 0 bridgehead atoms. The zero-order valence-electron chi connectivity index (χ0n) is 10.1. The number of aliphatic carboxylic acids is 1. The van der Waals surface area contributed by atoms with E-state index in [1.165, 1.54) is 12.1 Å². The van der Waals surface area contributed by atoms with Crippen LogP contribution in [-0.2, 0) is 11.3 Å². The molecule has 1 N–H and O–H groups in total. The third-order valence-corrected chi connectivity index (χ3v) is 4.10. The summed E-state index contributed by atoms with van der Waals surface area (Å²) in [6, 6.07) is 2.62. The quantitative estimate of drug-likeness (QED) is 0.836. The van der Waals surface area contributed by atoms with Gasteiger partial charge in [-0.25, -0.2) is 4.98 Å². The third kappa shape index (κ3) is 3.96. The summed E-state index contributed by atoms with van der Waals surface area (Å²) in [6.45, 7) is -1.29. The normalized spacial score (nSPS) is 12.0. The van der Waals surface area contributed by atoms with Gasteiger partial charge in [-0.05, 0) is 12.1 Å². The number of carbonyl (C=O) groups is 1. The summed E-state index contributed by atoms with van der Waals surface area (Å²) < 4.78 is 38.9. The Hall–Kier alpha value is -1.12. The molecular weight excluding hydrogens is 352 g/mol. The van der Waals surface area contributed by atoms with E-state index in [-0.39, 0.29) is 26.2 Å². The number of carboxylic acids is 1. The summed E-state index contributed by atoms with van der Waals surface area (Å²) in [4.78, 5) is 14.6. The molecule has 0 aliphatic carbocycles. The fourth-order valence-corrected chi connectivity index (χ4v) is 2.72. The van der Waals surface area contributed by atoms with E-state index in [2.05, 4.69) is 4.98 Å². The standard InChI is InChI=1S/C11H7Cl2F3N2O2S/c12-5-1-7-8(2-6(5)13)18(4-11(14,15)16)10(17-7)21-3-9(19)20/h1-2H,3-4H2,(H,19,20). The smallest absolute Gasteiger partial charge is 0.406 e. The molecule has 0 aliphatic heterocycles. The first-order chi connectivity index (χ1) is 9.67. The Morgan fingerprint density at radius 1 is 1.33 bits per heavy atom. The molecular formula is C11H7Cl2F3N2O2S. The Labute approximate surface area is 130 Å². The van der Waals surface area contributed by atoms with Gasteiger partial charge in [-0.1, -0.05) is 35.0 Å². The highest BCUT2D eigenvalue weighted by molar-refractivity contribution is 7.99. The summed E-state index contributed by atoms with van der Waals surface area (Å²) in [5.74, 6) is -1.55. The van der Waals surface area contributed by atoms with Gasteiger partial charge in [0, 0.05) is 0 Å². The van der Waals surface area contributed by atoms with Crippen LogP contribution >= 0.6 is 35.0 Å². The Morgan fingerprint density at radius 2 is 1.95 bits per heavy atom. The van der Waals surface area contributed by atoms with E-state index >= 15 is 0 Å². The van der Waals surface area contributed by atoms with E-state index in [4.69, 9.17) is 28.3 Å². The number of halogens is 5. The number of hydrogen-bond donors (Lipinski definition) is 1. The first-order valence-electron chi connectivity index (χ1n) is 5.44. The lowest BCUT2D eigenvalue weighted by atomic mass is 10.3. The molecule has 0 radical (unpaired) electrons. The molecule has 2 aromatic rings. The molecule has 114 valence electrons. The lowest BCUT2D eigenvalue weighted by Gasteiger charge is -2.11. The number of fused-ring (bicyclic) bond motifs is 1. The van der Waals surface area contributed by atoms with Crippen LogP contribution in [0.1, 0.15) is 0 Å². The van der Waals surface area contributed by atoms with E-state index in [1.54, 1.807) is 0 Å². The summed E-state index contributed by atoms with van der Waals surface area (Å²) in [5.41, 5.74) is 0.371. The molecule has 1 heterocycles. The molecule has 0 fully saturated rings. The van der Waals surface area contributed by atoms with Crippen molar-refractivity contribution in [3.8, 4) is 0 Å². The molecule has 0 atom stereocenters. The Morgan fingerprint density at radius 3 is 2.52 bits per heavy atom. The van der Waals surface area contributed by atoms with Crippen LogP contribution in [0.3, 0.4) is 0 Å². The zero-order valence-corrected chi connectivity index (χ0v) is 12.4. The number of thioether (sulfide) groups is 1. The Balaban J connectivity index is 2.54. The van der Waals surface area contributed by atoms with Gasteiger partial charge < -0.3 is 9.67 Å². The Kier molecular flexibility index (Phi) is 4.60. The number of alkyl halides is 3. The van der Waals surface area contributed by atoms with Crippen LogP contribution in [0.25, 0.3) is 11.0 Å². The highest BCUT2D eigenvalue weighted by Crippen LogP contribution is 2.33. The maximum Gasteiger partial charge on any atom is 0.406 e. The van der Waals surface area contributed by atoms with E-state index in [0.717, 1.165) is 4.57 Å². The average molecular weight is 359 g/mol. The van der Waals surface area contributed by atoms with E-state index in [9.17, 15) is 18.0 Å². The summed E-state index contributed by atoms with van der Waals surface area (Å²) in [5, 5.41) is 8.85. The van der Waals surface area contributed by atoms with E-state index in [1.807, 2.05) is 0 Å². The second-order valence-corrected chi connectivity index (χ2v) is 5.79. The maximum atomic E-state index is 12.7. The molecule has 2 rings (SSSR count). The number of hydrogen-bond acceptors (Lipinski definition) is 3. The molecule has 0 aliphatic rings. The fraction of sp³-hybridized carbons (Fsp3) is 0.273. The predicted octanol–water partition coefficient (Wildman–Crippen LogP) is 4.08. The van der Waals surface area contributed by atoms with Crippen molar-refractivity contribution in [2.75, 3.05) is 5.75 Å². The second kappa shape index (κ2) is 5.94. The first kappa shape index (κ1) is 16.3. The van der Waals surface area contributed by atoms with Gasteiger partial charge in [0.15, 0.2) is 5.16 Å². The highest BCUT2D eigenvalue weighted by atomic mass is 35.5. The predicted molar refractivity (Wildman–Crippen MR) is 74.2 cm³/mol. The second-order valence-electron chi connectivity index (χ2n) is 4.03. The molecule has 21 heavy (non-hydrogen) atoms. The summed E-state index contributed by atoms with van der Waals surface area (Å²) in [6.07, 6.45) is -4.47. The molecule has 1 aromatic carbocycles. The van der Waals surface area contributed by atoms with Crippen LogP contribution in [-0.4, -0.2) is 32.6 Å². The highest BCUT2D eigenvalue weighted by Gasteiger charge is 2.30. The molecule has 0 saturated carbocycles. The number of rotatable bonds is 4. The van der Waals surface area contributed by atoms with Crippen LogP contribution in [0, 0.1) is 0 Å². The number of imidazole rings is 1. The van der Waals surface area contributed by atoms with Crippen molar-refractivity contribution in [3.05, 3.63) is 22.2 Å². The third-order valence-electron chi connectivity index (χ3n) is 2.42. The minimum Gasteiger partial charge on any atom is -0.481 e. The molecule has 0 amide bonds. The van der Waals surface area contributed by atoms with Gasteiger partial charge >= 0.3 is 12.1 Å². The van der Waals surface area contributed by atoms with Crippen molar-refractivity contribution in [2.24, 2.45) is 0 Å². The van der Waals surface area contributed by atoms with Crippen molar-refractivity contribution in [1.29, 1.82) is 0 Å². The molecule has 4 nitrogen and oxygen atoms in total. The van der Waals surface area contributed by atoms with Crippen molar-refractivity contribution in [2.45, 2.75) is 17.9 Å². The molecule has 0 unspecified atom stereocenters. The van der Waals surface area contributed by atoms with Crippen molar-refractivity contribution in [1.82, 2.24) is 9.55 Å². The van der Waals surface area contributed by atoms with Crippen LogP contribution < -0.4 is 0 Å². The van der Waals surface area contributed by atoms with E-state index in [0.29, 0.717) is 11.8 Å². The maximum absolute atomic E-state index is 12.7. The van der Waals surface area contributed by atoms with E-state index < -0.39 is 24.4 Å². The van der Waals surface area contributed by atoms with Crippen molar-refractivity contribution in [3.63, 3.8) is 0 Å². The van der Waals surface area contributed by atoms with Gasteiger partial charge in [-0.2, -0.15) is 13.2 Å². The lowest BCUT2D eigenvalue weighted by molar-refractivity contribution is -0.141. The van der Waals surface area contributed by atoms with Crippen LogP contribution in [0.15, 0.2) is 17.3 Å². The number of carboxylic acid groups (broad SMARTS) is 1. The minimum atomic E-state index is -4.47. The largest absolute Gasteiger partial charge is 0.481 e. The number of aromatic nitrogens is 2. The van der Waals surface area contributed by atoms with Gasteiger partial charge in [0.1, 0.15) is 6.54 Å². The number of benzene rings is 1. The molecule has 10 heteroatoms. The lowest BCUT2D eigenvalue weighted by Crippen LogP contribution is -2.18. The molecule has 1 aromatic heterocycles.